The molecule has 0 aliphatic carbocycles. The second-order valence-electron chi connectivity index (χ2n) is 4.35. The van der Waals surface area contributed by atoms with Crippen LogP contribution in [0.3, 0.4) is 0 Å². The molecule has 0 N–H and O–H groups in total. The fourth-order valence-electron chi connectivity index (χ4n) is 1.90. The molecule has 0 bridgehead atoms. The molecule has 19 heavy (non-hydrogen) atoms. The summed E-state index contributed by atoms with van der Waals surface area (Å²) in [6.07, 6.45) is 1.49. The van der Waals surface area contributed by atoms with Crippen LogP contribution in [0.15, 0.2) is 47.1 Å². The second kappa shape index (κ2) is 6.43. The molecule has 0 radical (unpaired) electrons. The number of nitrogens with zero attached hydrogens (tertiary/aromatic N) is 1. The minimum atomic E-state index is -0.0543. The summed E-state index contributed by atoms with van der Waals surface area (Å²) in [6, 6.07) is 11.6. The molecule has 0 saturated carbocycles. The molecular formula is C15H16ClNO2. The third-order valence-electron chi connectivity index (χ3n) is 2.84. The van der Waals surface area contributed by atoms with E-state index in [4.69, 9.17) is 16.0 Å². The van der Waals surface area contributed by atoms with Gasteiger partial charge in [0.05, 0.1) is 5.56 Å². The van der Waals surface area contributed by atoms with E-state index in [0.717, 1.165) is 11.3 Å². The van der Waals surface area contributed by atoms with Gasteiger partial charge in [0, 0.05) is 19.0 Å². The molecule has 3 nitrogen and oxygen atoms in total. The molecule has 0 saturated heterocycles. The van der Waals surface area contributed by atoms with Crippen LogP contribution in [0.1, 0.15) is 21.7 Å². The average molecular weight is 278 g/mol. The molecule has 1 aromatic carbocycles. The highest BCUT2D eigenvalue weighted by atomic mass is 35.5. The van der Waals surface area contributed by atoms with Gasteiger partial charge in [0.25, 0.3) is 5.91 Å². The maximum Gasteiger partial charge on any atom is 0.257 e. The van der Waals surface area contributed by atoms with E-state index in [1.165, 1.54) is 6.26 Å². The second-order valence-corrected chi connectivity index (χ2v) is 4.73. The lowest BCUT2D eigenvalue weighted by molar-refractivity contribution is 0.0753. The first kappa shape index (κ1) is 13.7. The number of benzene rings is 1. The number of amides is 1. The fourth-order valence-corrected chi connectivity index (χ4v) is 2.10. The van der Waals surface area contributed by atoms with Crippen LogP contribution in [0, 0.1) is 6.92 Å². The van der Waals surface area contributed by atoms with Crippen LogP contribution in [-0.4, -0.2) is 23.2 Å². The third kappa shape index (κ3) is 3.61. The molecule has 1 heterocycles. The van der Waals surface area contributed by atoms with Crippen LogP contribution in [0.25, 0.3) is 0 Å². The summed E-state index contributed by atoms with van der Waals surface area (Å²) >= 11 is 5.78. The first-order valence-corrected chi connectivity index (χ1v) is 6.68. The Balaban J connectivity index is 2.13. The number of carbonyl (C=O) groups excluding carboxylic acids is 1. The van der Waals surface area contributed by atoms with Gasteiger partial charge in [-0.25, -0.2) is 0 Å². The third-order valence-corrected chi connectivity index (χ3v) is 3.00. The lowest BCUT2D eigenvalue weighted by atomic mass is 10.2. The highest BCUT2D eigenvalue weighted by Crippen LogP contribution is 2.13. The first-order valence-electron chi connectivity index (χ1n) is 6.15. The van der Waals surface area contributed by atoms with Gasteiger partial charge in [-0.05, 0) is 18.6 Å². The predicted octanol–water partition coefficient (Wildman–Crippen LogP) is 3.47. The van der Waals surface area contributed by atoms with E-state index in [0.29, 0.717) is 24.5 Å². The Hall–Kier alpha value is -1.74. The highest BCUT2D eigenvalue weighted by Gasteiger charge is 2.17. The number of hydrogen-bond donors (Lipinski definition) is 0. The van der Waals surface area contributed by atoms with Gasteiger partial charge in [-0.3, -0.25) is 4.79 Å². The smallest absolute Gasteiger partial charge is 0.257 e. The molecule has 100 valence electrons. The Morgan fingerprint density at radius 1 is 1.32 bits per heavy atom. The van der Waals surface area contributed by atoms with Crippen LogP contribution in [-0.2, 0) is 6.54 Å². The standard InChI is InChI=1S/C15H16ClNO2/c1-12-9-14(11-19-12)15(18)17(8-7-16)10-13-5-3-2-4-6-13/h2-6,9,11H,7-8,10H2,1H3. The molecule has 0 aliphatic rings. The number of furan rings is 1. The van der Waals surface area contributed by atoms with Crippen molar-refractivity contribution in [2.45, 2.75) is 13.5 Å². The molecule has 1 aromatic heterocycles. The molecule has 0 aliphatic heterocycles. The van der Waals surface area contributed by atoms with Gasteiger partial charge in [-0.15, -0.1) is 11.6 Å². The minimum absolute atomic E-state index is 0.0543. The van der Waals surface area contributed by atoms with E-state index in [9.17, 15) is 4.79 Å². The van der Waals surface area contributed by atoms with Crippen molar-refractivity contribution in [3.63, 3.8) is 0 Å². The SMILES string of the molecule is Cc1cc(C(=O)N(CCCl)Cc2ccccc2)co1. The maximum atomic E-state index is 12.4. The monoisotopic (exact) mass is 277 g/mol. The van der Waals surface area contributed by atoms with Crippen molar-refractivity contribution in [2.24, 2.45) is 0 Å². The number of carbonyl (C=O) groups is 1. The molecule has 0 spiro atoms. The quantitative estimate of drug-likeness (QED) is 0.784. The van der Waals surface area contributed by atoms with Crippen molar-refractivity contribution in [1.82, 2.24) is 4.90 Å². The van der Waals surface area contributed by atoms with Crippen molar-refractivity contribution < 1.29 is 9.21 Å². The summed E-state index contributed by atoms with van der Waals surface area (Å²) in [7, 11) is 0. The Morgan fingerprint density at radius 3 is 2.63 bits per heavy atom. The Labute approximate surface area is 117 Å². The van der Waals surface area contributed by atoms with Crippen molar-refractivity contribution in [1.29, 1.82) is 0 Å². The van der Waals surface area contributed by atoms with Gasteiger partial charge in [-0.2, -0.15) is 0 Å². The van der Waals surface area contributed by atoms with Crippen LogP contribution < -0.4 is 0 Å². The van der Waals surface area contributed by atoms with Crippen LogP contribution in [0.5, 0.6) is 0 Å². The van der Waals surface area contributed by atoms with E-state index in [1.54, 1.807) is 11.0 Å². The predicted molar refractivity (Wildman–Crippen MR) is 75.3 cm³/mol. The van der Waals surface area contributed by atoms with Gasteiger partial charge >= 0.3 is 0 Å². The van der Waals surface area contributed by atoms with Crippen LogP contribution in [0.4, 0.5) is 0 Å². The number of alkyl halides is 1. The largest absolute Gasteiger partial charge is 0.469 e. The lowest BCUT2D eigenvalue weighted by Crippen LogP contribution is -2.32. The summed E-state index contributed by atoms with van der Waals surface area (Å²) in [5, 5.41) is 0. The number of halogens is 1. The van der Waals surface area contributed by atoms with Crippen molar-refractivity contribution >= 4 is 17.5 Å². The van der Waals surface area contributed by atoms with E-state index in [-0.39, 0.29) is 5.91 Å². The summed E-state index contributed by atoms with van der Waals surface area (Å²) in [5.41, 5.74) is 1.65. The molecule has 0 atom stereocenters. The van der Waals surface area contributed by atoms with Crippen molar-refractivity contribution in [3.05, 3.63) is 59.5 Å². The van der Waals surface area contributed by atoms with E-state index < -0.39 is 0 Å². The zero-order chi connectivity index (χ0) is 13.7. The van der Waals surface area contributed by atoms with E-state index in [1.807, 2.05) is 37.3 Å². The average Bonchev–Trinajstić information content (AvgIpc) is 2.85. The van der Waals surface area contributed by atoms with E-state index >= 15 is 0 Å². The molecule has 2 aromatic rings. The van der Waals surface area contributed by atoms with Crippen LogP contribution in [0.2, 0.25) is 0 Å². The Bertz CT molecular complexity index is 536. The maximum absolute atomic E-state index is 12.4. The molecule has 0 fully saturated rings. The first-order chi connectivity index (χ1) is 9.20. The van der Waals surface area contributed by atoms with E-state index in [2.05, 4.69) is 0 Å². The summed E-state index contributed by atoms with van der Waals surface area (Å²) in [5.74, 6) is 1.09. The minimum Gasteiger partial charge on any atom is -0.469 e. The summed E-state index contributed by atoms with van der Waals surface area (Å²) in [6.45, 7) is 2.88. The van der Waals surface area contributed by atoms with Gasteiger partial charge in [0.2, 0.25) is 0 Å². The van der Waals surface area contributed by atoms with Gasteiger partial charge in [0.15, 0.2) is 0 Å². The zero-order valence-electron chi connectivity index (χ0n) is 10.8. The number of aryl methyl sites for hydroxylation is 1. The molecule has 0 unspecified atom stereocenters. The Morgan fingerprint density at radius 2 is 2.05 bits per heavy atom. The zero-order valence-corrected chi connectivity index (χ0v) is 11.6. The number of hydrogen-bond acceptors (Lipinski definition) is 2. The summed E-state index contributed by atoms with van der Waals surface area (Å²) in [4.78, 5) is 14.1. The van der Waals surface area contributed by atoms with Gasteiger partial charge < -0.3 is 9.32 Å². The van der Waals surface area contributed by atoms with Crippen LogP contribution >= 0.6 is 11.6 Å². The van der Waals surface area contributed by atoms with Crippen molar-refractivity contribution in [3.8, 4) is 0 Å². The molecular weight excluding hydrogens is 262 g/mol. The van der Waals surface area contributed by atoms with Gasteiger partial charge in [0.1, 0.15) is 12.0 Å². The Kier molecular flexibility index (Phi) is 4.63. The molecule has 2 rings (SSSR count). The molecule has 1 amide bonds. The molecule has 4 heteroatoms. The fraction of sp³-hybridized carbons (Fsp3) is 0.267. The lowest BCUT2D eigenvalue weighted by Gasteiger charge is -2.21. The highest BCUT2D eigenvalue weighted by molar-refractivity contribution is 6.18. The summed E-state index contributed by atoms with van der Waals surface area (Å²) < 4.78 is 5.18. The number of rotatable bonds is 5. The van der Waals surface area contributed by atoms with Crippen molar-refractivity contribution in [2.75, 3.05) is 12.4 Å². The van der Waals surface area contributed by atoms with Gasteiger partial charge in [-0.1, -0.05) is 30.3 Å². The topological polar surface area (TPSA) is 33.5 Å². The normalized spacial score (nSPS) is 10.4.